The van der Waals surface area contributed by atoms with Crippen LogP contribution in [0.3, 0.4) is 0 Å². The number of hydrogen-bond donors (Lipinski definition) is 9. The minimum atomic E-state index is -3.48. The van der Waals surface area contributed by atoms with Gasteiger partial charge >= 0.3 is 24.2 Å². The zero-order valence-corrected chi connectivity index (χ0v) is 58.2. The first-order valence-corrected chi connectivity index (χ1v) is 34.3. The Balaban J connectivity index is 0.000000230. The number of nitrogens with zero attached hydrogens (tertiary/aromatic N) is 6. The SMILES string of the molecule is Cl.NCc1cnco1.Nc1ccc(NC(=O)NCc2cnco2)cc1.O=C(NCc1cnco1)Nc1ccc(CS(=O)(=O)Cc2cccc(Cl)c2)cc1.O=C(NCc1cnco1)Nc1ccc([N+](=O)[O-])cc1.O=C(Nc1ccc([N+](=O)[O-])cc1)Oc1ccccc1.O=S(=O)(Cl)Cc1cccc(Cl)c1. The van der Waals surface area contributed by atoms with Crippen LogP contribution < -0.4 is 53.4 Å². The third-order valence-corrected chi connectivity index (χ3v) is 15.3. The van der Waals surface area contributed by atoms with E-state index in [1.807, 2.05) is 0 Å². The number of non-ortho nitro benzene ring substituents is 2. The van der Waals surface area contributed by atoms with E-state index in [-0.39, 0.29) is 60.2 Å². The zero-order chi connectivity index (χ0) is 73.7. The van der Waals surface area contributed by atoms with Gasteiger partial charge in [0.2, 0.25) is 9.05 Å². The van der Waals surface area contributed by atoms with Gasteiger partial charge in [-0.1, -0.05) is 77.8 Å². The molecule has 0 saturated carbocycles. The third-order valence-electron chi connectivity index (χ3n) is 12.3. The number of aromatic nitrogens is 4. The van der Waals surface area contributed by atoms with Crippen molar-refractivity contribution in [2.45, 2.75) is 43.4 Å². The molecular weight excluding hydrogens is 1470 g/mol. The molecule has 38 heteroatoms. The second kappa shape index (κ2) is 42.9. The molecule has 0 atom stereocenters. The van der Waals surface area contributed by atoms with Crippen LogP contribution in [-0.2, 0) is 62.3 Å². The van der Waals surface area contributed by atoms with Gasteiger partial charge in [-0.3, -0.25) is 25.5 Å². The van der Waals surface area contributed by atoms with E-state index in [2.05, 4.69) is 57.2 Å². The highest BCUT2D eigenvalue weighted by Gasteiger charge is 2.15. The van der Waals surface area contributed by atoms with Crippen molar-refractivity contribution in [1.82, 2.24) is 35.9 Å². The second-order valence-electron chi connectivity index (χ2n) is 20.2. The van der Waals surface area contributed by atoms with Crippen molar-refractivity contribution in [2.24, 2.45) is 5.73 Å². The van der Waals surface area contributed by atoms with E-state index < -0.39 is 46.9 Å². The number of oxazole rings is 4. The molecule has 11 N–H and O–H groups in total. The normalized spacial score (nSPS) is 10.3. The lowest BCUT2D eigenvalue weighted by molar-refractivity contribution is -0.385. The average Bonchev–Trinajstić information content (AvgIpc) is 1.35. The summed E-state index contributed by atoms with van der Waals surface area (Å²) < 4.78 is 70.8. The molecule has 0 bridgehead atoms. The minimum Gasteiger partial charge on any atom is -0.447 e. The number of nitrogens with one attached hydrogen (secondary N) is 7. The Morgan fingerprint density at radius 1 is 0.466 bits per heavy atom. The van der Waals surface area contributed by atoms with E-state index in [1.165, 1.54) is 86.5 Å². The van der Waals surface area contributed by atoms with Gasteiger partial charge in [-0.05, 0) is 114 Å². The number of sulfone groups is 1. The number of ether oxygens (including phenoxy) is 1. The third kappa shape index (κ3) is 33.7. The van der Waals surface area contributed by atoms with Gasteiger partial charge in [0.1, 0.15) is 28.8 Å². The fraction of sp³-hybridized carbons (Fsp3) is 0.108. The molecule has 7 amide bonds. The van der Waals surface area contributed by atoms with Crippen LogP contribution in [0.4, 0.5) is 59.0 Å². The van der Waals surface area contributed by atoms with Crippen molar-refractivity contribution < 1.29 is 68.3 Å². The van der Waals surface area contributed by atoms with Gasteiger partial charge < -0.3 is 65.8 Å². The van der Waals surface area contributed by atoms with Crippen LogP contribution >= 0.6 is 46.3 Å². The fourth-order valence-electron chi connectivity index (χ4n) is 7.69. The van der Waals surface area contributed by atoms with E-state index >= 15 is 0 Å². The maximum atomic E-state index is 12.4. The molecule has 0 aliphatic rings. The summed E-state index contributed by atoms with van der Waals surface area (Å²) in [5.74, 6) is 2.43. The van der Waals surface area contributed by atoms with Crippen LogP contribution in [0, 0.1) is 20.2 Å². The maximum absolute atomic E-state index is 12.4. The molecule has 0 aliphatic carbocycles. The van der Waals surface area contributed by atoms with Crippen LogP contribution in [0.2, 0.25) is 10.0 Å². The van der Waals surface area contributed by atoms with Crippen LogP contribution in [0.1, 0.15) is 39.7 Å². The number of rotatable bonds is 20. The van der Waals surface area contributed by atoms with Gasteiger partial charge in [0.15, 0.2) is 35.4 Å². The Kier molecular flexibility index (Phi) is 34.1. The number of benzene rings is 7. The number of para-hydroxylation sites is 1. The number of carbonyl (C=O) groups excluding carboxylic acids is 4. The first-order valence-electron chi connectivity index (χ1n) is 29.3. The molecule has 0 fully saturated rings. The highest BCUT2D eigenvalue weighted by atomic mass is 35.7. The Bertz CT molecular complexity index is 4620. The number of nitrogens with two attached hydrogens (primary N) is 2. The lowest BCUT2D eigenvalue weighted by Gasteiger charge is -2.08. The van der Waals surface area contributed by atoms with Crippen molar-refractivity contribution in [2.75, 3.05) is 27.0 Å². The summed E-state index contributed by atoms with van der Waals surface area (Å²) in [6.45, 7) is 1.14. The summed E-state index contributed by atoms with van der Waals surface area (Å²) in [6.07, 6.45) is 10.7. The standard InChI is InChI=1S/C19H18ClN3O4S.C13H10N2O4.C11H10N4O4.C11H12N4O2.C7H6Cl2O2S.C4H6N2O.ClH/c20-16-3-1-2-15(8-16)12-28(25,26)11-14-4-6-17(7-5-14)23-19(24)22-10-18-9-21-13-27-18;16-13(19-12-4-2-1-3-5-12)14-10-6-8-11(9-7-10)15(17)18;16-11(13-6-10-5-12-7-19-10)14-8-1-3-9(4-2-8)15(17)18;12-8-1-3-9(4-2-8)15-11(16)14-6-10-5-13-7-17-10;8-7-3-1-2-6(4-7)5-12(9,10)11;5-1-4-2-6-3-7-4;/h1-9,13H,10-12H2,(H2,22,23,24);1-9H,(H,14,16);1-5,7H,6H2,(H2,13,14,16);1-5,7H,6,12H2,(H2,14,15,16);1-4H,5H2;2-3H,1,5H2;1H. The molecule has 0 aliphatic heterocycles. The Labute approximate surface area is 608 Å². The van der Waals surface area contributed by atoms with E-state index in [0.29, 0.717) is 91.3 Å². The monoisotopic (exact) mass is 1530 g/mol. The van der Waals surface area contributed by atoms with E-state index in [1.54, 1.807) is 140 Å². The van der Waals surface area contributed by atoms with Crippen LogP contribution in [0.25, 0.3) is 0 Å². The van der Waals surface area contributed by atoms with E-state index in [4.69, 9.17) is 67.8 Å². The summed E-state index contributed by atoms with van der Waals surface area (Å²) in [5.41, 5.74) is 15.2. The first-order chi connectivity index (χ1) is 48.8. The summed E-state index contributed by atoms with van der Waals surface area (Å²) in [7, 11) is -1.78. The molecular formula is C65H63Cl4N15O17S2. The highest BCUT2D eigenvalue weighted by molar-refractivity contribution is 8.13. The first kappa shape index (κ1) is 81.8. The molecule has 0 unspecified atom stereocenters. The summed E-state index contributed by atoms with van der Waals surface area (Å²) >= 11 is 11.5. The van der Waals surface area contributed by atoms with E-state index in [9.17, 15) is 56.2 Å². The zero-order valence-electron chi connectivity index (χ0n) is 53.4. The number of carbonyl (C=O) groups is 4. The second-order valence-corrected chi connectivity index (χ2v) is 25.9. The van der Waals surface area contributed by atoms with Crippen LogP contribution in [-0.4, -0.2) is 70.8 Å². The largest absolute Gasteiger partial charge is 0.447 e. The summed E-state index contributed by atoms with van der Waals surface area (Å²) in [4.78, 5) is 81.1. The number of amides is 7. The van der Waals surface area contributed by atoms with Gasteiger partial charge in [0.25, 0.3) is 11.4 Å². The maximum Gasteiger partial charge on any atom is 0.417 e. The Hall–Kier alpha value is -11.9. The highest BCUT2D eigenvalue weighted by Crippen LogP contribution is 2.21. The smallest absolute Gasteiger partial charge is 0.417 e. The molecule has 540 valence electrons. The summed E-state index contributed by atoms with van der Waals surface area (Å²) in [6, 6.07) is 45.3. The van der Waals surface area contributed by atoms with Gasteiger partial charge in [0.05, 0.1) is 78.1 Å². The van der Waals surface area contributed by atoms with Gasteiger partial charge in [0, 0.05) is 73.4 Å². The predicted molar refractivity (Wildman–Crippen MR) is 386 cm³/mol. The van der Waals surface area contributed by atoms with Gasteiger partial charge in [-0.15, -0.1) is 12.4 Å². The number of halogens is 4. The molecule has 11 rings (SSSR count). The van der Waals surface area contributed by atoms with Gasteiger partial charge in [-0.25, -0.2) is 55.9 Å². The average molecular weight is 1530 g/mol. The van der Waals surface area contributed by atoms with Crippen molar-refractivity contribution in [3.05, 3.63) is 296 Å². The number of nitro benzene ring substituents is 2. The topological polar surface area (TPSA) is 472 Å². The quantitative estimate of drug-likeness (QED) is 0.0148. The van der Waals surface area contributed by atoms with Crippen molar-refractivity contribution >= 4 is 129 Å². The molecule has 4 aromatic heterocycles. The van der Waals surface area contributed by atoms with Crippen LogP contribution in [0.15, 0.2) is 244 Å². The number of anilines is 5. The van der Waals surface area contributed by atoms with Crippen molar-refractivity contribution in [3.8, 4) is 5.75 Å². The molecule has 0 saturated heterocycles. The molecule has 32 nitrogen and oxygen atoms in total. The molecule has 0 radical (unpaired) electrons. The Morgan fingerprint density at radius 3 is 1.17 bits per heavy atom. The number of nitro groups is 2. The van der Waals surface area contributed by atoms with Gasteiger partial charge in [-0.2, -0.15) is 0 Å². The lowest BCUT2D eigenvalue weighted by atomic mass is 10.2. The summed E-state index contributed by atoms with van der Waals surface area (Å²) in [5, 5.41) is 40.1. The van der Waals surface area contributed by atoms with E-state index in [0.717, 1.165) is 5.76 Å². The number of nitrogen functional groups attached to an aromatic ring is 1. The molecule has 11 aromatic rings. The van der Waals surface area contributed by atoms with Crippen molar-refractivity contribution in [1.29, 1.82) is 0 Å². The molecule has 7 aromatic carbocycles. The number of hydrogen-bond acceptors (Lipinski definition) is 23. The molecule has 103 heavy (non-hydrogen) atoms. The van der Waals surface area contributed by atoms with Crippen molar-refractivity contribution in [3.63, 3.8) is 0 Å². The number of urea groups is 3. The Morgan fingerprint density at radius 2 is 0.825 bits per heavy atom. The fourth-order valence-corrected chi connectivity index (χ4v) is 10.6. The lowest BCUT2D eigenvalue weighted by Crippen LogP contribution is -2.27. The molecule has 0 spiro atoms. The predicted octanol–water partition coefficient (Wildman–Crippen LogP) is 13.4. The van der Waals surface area contributed by atoms with Crippen LogP contribution in [0.5, 0.6) is 5.75 Å². The minimum absolute atomic E-state index is 0. The molecule has 4 heterocycles.